The van der Waals surface area contributed by atoms with Crippen LogP contribution in [0.2, 0.25) is 5.02 Å². The molecule has 0 atom stereocenters. The Balaban J connectivity index is 1.49. The monoisotopic (exact) mass is 412 g/mol. The fraction of sp³-hybridized carbons (Fsp3) is 0.250. The number of amides is 1. The summed E-state index contributed by atoms with van der Waals surface area (Å²) in [5.74, 6) is 0.316. The molecule has 1 amide bonds. The van der Waals surface area contributed by atoms with Crippen molar-refractivity contribution >= 4 is 33.8 Å². The molecule has 0 unspecified atom stereocenters. The molecule has 1 aliphatic rings. The first-order valence-corrected chi connectivity index (χ1v) is 10.1. The number of carbonyl (C=O) groups excluding carboxylic acids is 1. The van der Waals surface area contributed by atoms with E-state index in [-0.39, 0.29) is 12.6 Å². The minimum Gasteiger partial charge on any atom is -0.471 e. The minimum absolute atomic E-state index is 0.0867. The lowest BCUT2D eigenvalue weighted by Crippen LogP contribution is -2.19. The number of fused-ring (bicyclic) bond motifs is 1. The average Bonchev–Trinajstić information content (AvgIpc) is 3.31. The van der Waals surface area contributed by atoms with Crippen LogP contribution >= 0.6 is 22.9 Å². The van der Waals surface area contributed by atoms with Crippen molar-refractivity contribution in [3.8, 4) is 11.8 Å². The van der Waals surface area contributed by atoms with Crippen LogP contribution in [0.15, 0.2) is 36.5 Å². The summed E-state index contributed by atoms with van der Waals surface area (Å²) in [6.07, 6.45) is 5.63. The normalized spacial score (nSPS) is 12.9. The van der Waals surface area contributed by atoms with Gasteiger partial charge in [0, 0.05) is 16.1 Å². The van der Waals surface area contributed by atoms with Gasteiger partial charge in [-0.1, -0.05) is 11.6 Å². The van der Waals surface area contributed by atoms with Crippen LogP contribution in [0, 0.1) is 11.3 Å². The summed E-state index contributed by atoms with van der Waals surface area (Å²) in [5.41, 5.74) is 2.05. The van der Waals surface area contributed by atoms with Crippen molar-refractivity contribution in [2.45, 2.75) is 32.4 Å². The molecule has 0 saturated heterocycles. The fourth-order valence-corrected chi connectivity index (χ4v) is 4.60. The van der Waals surface area contributed by atoms with E-state index in [1.54, 1.807) is 36.5 Å². The molecular weight excluding hydrogens is 396 g/mol. The Morgan fingerprint density at radius 1 is 1.29 bits per heavy atom. The molecule has 28 heavy (non-hydrogen) atoms. The molecule has 0 radical (unpaired) electrons. The lowest BCUT2D eigenvalue weighted by molar-refractivity contribution is 0.100. The summed E-state index contributed by atoms with van der Waals surface area (Å²) in [4.78, 5) is 14.0. The van der Waals surface area contributed by atoms with E-state index in [9.17, 15) is 10.1 Å². The number of nitrogens with one attached hydrogen (secondary N) is 1. The molecule has 2 aromatic heterocycles. The predicted molar refractivity (Wildman–Crippen MR) is 108 cm³/mol. The quantitative estimate of drug-likeness (QED) is 0.662. The van der Waals surface area contributed by atoms with Gasteiger partial charge < -0.3 is 10.1 Å². The number of thiophene rings is 1. The highest BCUT2D eigenvalue weighted by atomic mass is 35.5. The molecule has 6 nitrogen and oxygen atoms in total. The predicted octanol–water partition coefficient (Wildman–Crippen LogP) is 4.64. The zero-order valence-corrected chi connectivity index (χ0v) is 16.5. The highest BCUT2D eigenvalue weighted by Crippen LogP contribution is 2.37. The molecular formula is C20H17ClN4O2S. The third-order valence-corrected chi connectivity index (χ3v) is 6.09. The van der Waals surface area contributed by atoms with E-state index < -0.39 is 0 Å². The maximum atomic E-state index is 12.8. The van der Waals surface area contributed by atoms with E-state index in [1.807, 2.05) is 0 Å². The molecule has 1 N–H and O–H groups in total. The largest absolute Gasteiger partial charge is 0.471 e. The molecule has 4 rings (SSSR count). The number of anilines is 1. The number of benzene rings is 1. The van der Waals surface area contributed by atoms with Gasteiger partial charge in [0.2, 0.25) is 0 Å². The first-order chi connectivity index (χ1) is 13.7. The lowest BCUT2D eigenvalue weighted by Gasteiger charge is -2.10. The Morgan fingerprint density at radius 2 is 2.07 bits per heavy atom. The van der Waals surface area contributed by atoms with Gasteiger partial charge in [0.15, 0.2) is 6.73 Å². The van der Waals surface area contributed by atoms with Gasteiger partial charge in [0.05, 0.1) is 5.56 Å². The number of nitriles is 1. The van der Waals surface area contributed by atoms with E-state index in [2.05, 4.69) is 16.5 Å². The number of aromatic nitrogens is 2. The Kier molecular flexibility index (Phi) is 5.33. The lowest BCUT2D eigenvalue weighted by atomic mass is 9.96. The second kappa shape index (κ2) is 8.05. The highest BCUT2D eigenvalue weighted by molar-refractivity contribution is 7.16. The number of carbonyl (C=O) groups is 1. The van der Waals surface area contributed by atoms with Gasteiger partial charge in [-0.15, -0.1) is 11.3 Å². The van der Waals surface area contributed by atoms with Crippen molar-refractivity contribution in [2.75, 3.05) is 5.32 Å². The van der Waals surface area contributed by atoms with Crippen LogP contribution in [0.3, 0.4) is 0 Å². The van der Waals surface area contributed by atoms with Crippen LogP contribution in [-0.2, 0) is 19.6 Å². The van der Waals surface area contributed by atoms with Crippen molar-refractivity contribution in [1.82, 2.24) is 9.78 Å². The fourth-order valence-electron chi connectivity index (χ4n) is 3.23. The topological polar surface area (TPSA) is 79.9 Å². The summed E-state index contributed by atoms with van der Waals surface area (Å²) < 4.78 is 7.15. The molecule has 142 valence electrons. The molecule has 2 heterocycles. The number of nitrogens with zero attached hydrogens (tertiary/aromatic N) is 3. The van der Waals surface area contributed by atoms with Gasteiger partial charge in [-0.25, -0.2) is 4.68 Å². The zero-order valence-electron chi connectivity index (χ0n) is 14.9. The summed E-state index contributed by atoms with van der Waals surface area (Å²) >= 11 is 7.37. The average molecular weight is 413 g/mol. The van der Waals surface area contributed by atoms with Crippen LogP contribution in [-0.4, -0.2) is 15.7 Å². The van der Waals surface area contributed by atoms with E-state index in [0.29, 0.717) is 27.0 Å². The van der Waals surface area contributed by atoms with Gasteiger partial charge in [-0.05, 0) is 61.6 Å². The number of aryl methyl sites for hydroxylation is 1. The molecule has 1 aliphatic carbocycles. The zero-order chi connectivity index (χ0) is 19.5. The number of rotatable bonds is 5. The van der Waals surface area contributed by atoms with Gasteiger partial charge in [0.25, 0.3) is 5.91 Å². The molecule has 3 aromatic rings. The van der Waals surface area contributed by atoms with Crippen LogP contribution in [0.25, 0.3) is 0 Å². The van der Waals surface area contributed by atoms with E-state index in [0.717, 1.165) is 31.2 Å². The maximum absolute atomic E-state index is 12.8. The van der Waals surface area contributed by atoms with Crippen molar-refractivity contribution in [3.63, 3.8) is 0 Å². The molecule has 0 saturated carbocycles. The molecule has 1 aromatic carbocycles. The Morgan fingerprint density at radius 3 is 2.86 bits per heavy atom. The number of ether oxygens (including phenoxy) is 1. The van der Waals surface area contributed by atoms with E-state index in [1.165, 1.54) is 20.9 Å². The number of hydrogen-bond donors (Lipinski definition) is 1. The van der Waals surface area contributed by atoms with Crippen LogP contribution in [0.5, 0.6) is 5.75 Å². The highest BCUT2D eigenvalue weighted by Gasteiger charge is 2.23. The minimum atomic E-state index is -0.313. The third-order valence-electron chi connectivity index (χ3n) is 4.63. The summed E-state index contributed by atoms with van der Waals surface area (Å²) in [5, 5.41) is 17.8. The summed E-state index contributed by atoms with van der Waals surface area (Å²) in [6, 6.07) is 10.8. The Labute approximate surface area is 171 Å². The first kappa shape index (κ1) is 18.5. The summed E-state index contributed by atoms with van der Waals surface area (Å²) in [7, 11) is 0. The van der Waals surface area contributed by atoms with E-state index in [4.69, 9.17) is 16.3 Å². The SMILES string of the molecule is N#Cc1c(NC(=O)c2ccnn2COc2ccc(Cl)cc2)sc2c1CCCC2. The first-order valence-electron chi connectivity index (χ1n) is 8.92. The maximum Gasteiger partial charge on any atom is 0.274 e. The summed E-state index contributed by atoms with van der Waals surface area (Å²) in [6.45, 7) is 0.0867. The Bertz CT molecular complexity index is 1050. The van der Waals surface area contributed by atoms with Crippen molar-refractivity contribution in [1.29, 1.82) is 5.26 Å². The van der Waals surface area contributed by atoms with Gasteiger partial charge in [-0.2, -0.15) is 10.4 Å². The van der Waals surface area contributed by atoms with Crippen LogP contribution in [0.4, 0.5) is 5.00 Å². The second-order valence-corrected chi connectivity index (χ2v) is 7.97. The molecule has 8 heteroatoms. The second-order valence-electron chi connectivity index (χ2n) is 6.42. The number of halogens is 1. The molecule has 0 aliphatic heterocycles. The van der Waals surface area contributed by atoms with Crippen molar-refractivity contribution in [2.24, 2.45) is 0 Å². The molecule has 0 bridgehead atoms. The van der Waals surface area contributed by atoms with E-state index >= 15 is 0 Å². The standard InChI is InChI=1S/C20H17ClN4O2S/c21-13-5-7-14(8-6-13)27-12-25-17(9-10-23-25)19(26)24-20-16(11-22)15-3-1-2-4-18(15)28-20/h5-10H,1-4,12H2,(H,24,26). The molecule has 0 fully saturated rings. The Hall–Kier alpha value is -2.82. The number of hydrogen-bond acceptors (Lipinski definition) is 5. The van der Waals surface area contributed by atoms with Gasteiger partial charge in [0.1, 0.15) is 22.5 Å². The smallest absolute Gasteiger partial charge is 0.274 e. The third kappa shape index (κ3) is 3.75. The molecule has 0 spiro atoms. The van der Waals surface area contributed by atoms with Crippen molar-refractivity contribution in [3.05, 3.63) is 63.2 Å². The van der Waals surface area contributed by atoms with Crippen LogP contribution < -0.4 is 10.1 Å². The van der Waals surface area contributed by atoms with Gasteiger partial charge in [-0.3, -0.25) is 4.79 Å². The van der Waals surface area contributed by atoms with Crippen molar-refractivity contribution < 1.29 is 9.53 Å². The van der Waals surface area contributed by atoms with Crippen LogP contribution in [0.1, 0.15) is 39.3 Å². The van der Waals surface area contributed by atoms with Gasteiger partial charge >= 0.3 is 0 Å².